The Kier molecular flexibility index (Phi) is 5.60. The summed E-state index contributed by atoms with van der Waals surface area (Å²) in [7, 11) is 0. The van der Waals surface area contributed by atoms with Gasteiger partial charge in [0.15, 0.2) is 5.57 Å². The average molecular weight is 319 g/mol. The van der Waals surface area contributed by atoms with Gasteiger partial charge in [-0.15, -0.1) is 22.0 Å². The van der Waals surface area contributed by atoms with Crippen LogP contribution in [0.15, 0.2) is 39.8 Å². The number of carbonyl (C=O) groups is 1. The van der Waals surface area contributed by atoms with Crippen molar-refractivity contribution in [3.05, 3.63) is 52.7 Å². The van der Waals surface area contributed by atoms with Crippen LogP contribution < -0.4 is 5.73 Å². The number of thioether (sulfide) groups is 1. The summed E-state index contributed by atoms with van der Waals surface area (Å²) in [5.41, 5.74) is 7.01. The van der Waals surface area contributed by atoms with Crippen molar-refractivity contribution in [1.29, 1.82) is 0 Å². The molecule has 0 unspecified atom stereocenters. The van der Waals surface area contributed by atoms with Crippen molar-refractivity contribution < 1.29 is 13.9 Å². The zero-order chi connectivity index (χ0) is 15.9. The lowest BCUT2D eigenvalue weighted by molar-refractivity contribution is -0.136. The first-order valence-corrected chi connectivity index (χ1v) is 7.95. The first-order valence-electron chi connectivity index (χ1n) is 6.73. The van der Waals surface area contributed by atoms with E-state index in [0.717, 1.165) is 5.56 Å². The van der Waals surface area contributed by atoms with Gasteiger partial charge in [0.25, 0.3) is 5.89 Å². The van der Waals surface area contributed by atoms with E-state index < -0.39 is 5.97 Å². The zero-order valence-corrected chi connectivity index (χ0v) is 13.2. The summed E-state index contributed by atoms with van der Waals surface area (Å²) in [6, 6.07) is 9.72. The molecule has 0 fully saturated rings. The minimum Gasteiger partial charge on any atom is -0.462 e. The van der Waals surface area contributed by atoms with Gasteiger partial charge in [0.05, 0.1) is 18.1 Å². The van der Waals surface area contributed by atoms with Crippen LogP contribution >= 0.6 is 11.8 Å². The third-order valence-corrected chi connectivity index (χ3v) is 3.47. The van der Waals surface area contributed by atoms with Crippen LogP contribution in [0.1, 0.15) is 24.3 Å². The van der Waals surface area contributed by atoms with Crippen LogP contribution in [0.2, 0.25) is 0 Å². The quantitative estimate of drug-likeness (QED) is 0.644. The first kappa shape index (κ1) is 16.1. The van der Waals surface area contributed by atoms with Gasteiger partial charge in [-0.25, -0.2) is 4.79 Å². The second kappa shape index (κ2) is 7.65. The predicted molar refractivity (Wildman–Crippen MR) is 84.8 cm³/mol. The van der Waals surface area contributed by atoms with Crippen molar-refractivity contribution in [3.63, 3.8) is 0 Å². The molecule has 0 spiro atoms. The number of hydrogen-bond acceptors (Lipinski definition) is 7. The summed E-state index contributed by atoms with van der Waals surface area (Å²) in [5, 5.41) is 8.17. The van der Waals surface area contributed by atoms with Crippen molar-refractivity contribution in [2.45, 2.75) is 13.3 Å². The maximum absolute atomic E-state index is 12.0. The molecule has 22 heavy (non-hydrogen) atoms. The maximum atomic E-state index is 12.0. The van der Waals surface area contributed by atoms with Gasteiger partial charge in [-0.1, -0.05) is 30.3 Å². The van der Waals surface area contributed by atoms with E-state index in [-0.39, 0.29) is 23.1 Å². The smallest absolute Gasteiger partial charge is 0.346 e. The van der Waals surface area contributed by atoms with E-state index in [9.17, 15) is 4.79 Å². The molecular formula is C15H17N3O3S. The normalized spacial score (nSPS) is 11.9. The Balaban J connectivity index is 2.26. The Morgan fingerprint density at radius 2 is 2.05 bits per heavy atom. The molecule has 116 valence electrons. The van der Waals surface area contributed by atoms with Crippen molar-refractivity contribution in [3.8, 4) is 0 Å². The lowest BCUT2D eigenvalue weighted by Gasteiger charge is -2.05. The number of rotatable bonds is 6. The molecule has 7 heteroatoms. The monoisotopic (exact) mass is 319 g/mol. The van der Waals surface area contributed by atoms with E-state index in [0.29, 0.717) is 12.3 Å². The van der Waals surface area contributed by atoms with E-state index >= 15 is 0 Å². The molecule has 0 amide bonds. The summed E-state index contributed by atoms with van der Waals surface area (Å²) in [6.45, 7) is 1.97. The van der Waals surface area contributed by atoms with Gasteiger partial charge in [-0.3, -0.25) is 0 Å². The Hall–Kier alpha value is -2.28. The van der Waals surface area contributed by atoms with Crippen molar-refractivity contribution in [1.82, 2.24) is 10.2 Å². The molecule has 2 aromatic rings. The zero-order valence-electron chi connectivity index (χ0n) is 12.4. The summed E-state index contributed by atoms with van der Waals surface area (Å²) in [6.07, 6.45) is 2.25. The van der Waals surface area contributed by atoms with Gasteiger partial charge in [-0.2, -0.15) is 0 Å². The maximum Gasteiger partial charge on any atom is 0.346 e. The number of nitrogens with zero attached hydrogens (tertiary/aromatic N) is 2. The second-order valence-corrected chi connectivity index (χ2v) is 5.18. The molecule has 1 heterocycles. The lowest BCUT2D eigenvalue weighted by atomic mass is 10.2. The molecular weight excluding hydrogens is 302 g/mol. The number of nitrogens with two attached hydrogens (primary N) is 1. The SMILES string of the molecule is CCOC(=O)/C(=C(/N)SC)c1nnc(Cc2ccccc2)o1. The molecule has 6 nitrogen and oxygen atoms in total. The van der Waals surface area contributed by atoms with E-state index in [1.165, 1.54) is 11.8 Å². The fourth-order valence-electron chi connectivity index (χ4n) is 1.80. The van der Waals surface area contributed by atoms with Gasteiger partial charge < -0.3 is 14.9 Å². The van der Waals surface area contributed by atoms with Crippen molar-refractivity contribution >= 4 is 23.3 Å². The molecule has 1 aromatic heterocycles. The van der Waals surface area contributed by atoms with Gasteiger partial charge in [0.2, 0.25) is 5.89 Å². The molecule has 0 bridgehead atoms. The van der Waals surface area contributed by atoms with Crippen LogP contribution in [-0.4, -0.2) is 29.0 Å². The largest absolute Gasteiger partial charge is 0.462 e. The Morgan fingerprint density at radius 3 is 2.68 bits per heavy atom. The van der Waals surface area contributed by atoms with E-state index in [2.05, 4.69) is 10.2 Å². The van der Waals surface area contributed by atoms with Crippen LogP contribution in [0.3, 0.4) is 0 Å². The number of aromatic nitrogens is 2. The number of ether oxygens (including phenoxy) is 1. The second-order valence-electron chi connectivity index (χ2n) is 4.33. The first-order chi connectivity index (χ1) is 10.7. The lowest BCUT2D eigenvalue weighted by Crippen LogP contribution is -2.12. The Morgan fingerprint density at radius 1 is 1.32 bits per heavy atom. The van der Waals surface area contributed by atoms with Crippen LogP contribution in [0.5, 0.6) is 0 Å². The standard InChI is InChI=1S/C15H17N3O3S/c1-3-20-15(19)12(13(16)22-2)14-18-17-11(21-14)9-10-7-5-4-6-8-10/h4-8H,3,9,16H2,1-2H3/b13-12-. The minimum absolute atomic E-state index is 0.0798. The number of carbonyl (C=O) groups excluding carboxylic acids is 1. The number of benzene rings is 1. The predicted octanol–water partition coefficient (Wildman–Crippen LogP) is 2.21. The van der Waals surface area contributed by atoms with E-state index in [4.69, 9.17) is 14.9 Å². The van der Waals surface area contributed by atoms with Crippen LogP contribution in [0.4, 0.5) is 0 Å². The summed E-state index contributed by atoms with van der Waals surface area (Å²) >= 11 is 1.22. The molecule has 0 aliphatic heterocycles. The van der Waals surface area contributed by atoms with Crippen molar-refractivity contribution in [2.75, 3.05) is 12.9 Å². The van der Waals surface area contributed by atoms with Gasteiger partial charge >= 0.3 is 5.97 Å². The van der Waals surface area contributed by atoms with Gasteiger partial charge in [0.1, 0.15) is 0 Å². The fraction of sp³-hybridized carbons (Fsp3) is 0.267. The summed E-state index contributed by atoms with van der Waals surface area (Å²) in [4.78, 5) is 12.0. The molecule has 0 aliphatic carbocycles. The highest BCUT2D eigenvalue weighted by Crippen LogP contribution is 2.23. The number of esters is 1. The Labute approximate surface area is 132 Å². The Bertz CT molecular complexity index is 668. The topological polar surface area (TPSA) is 91.2 Å². The van der Waals surface area contributed by atoms with Crippen LogP contribution in [0.25, 0.3) is 5.57 Å². The minimum atomic E-state index is -0.565. The van der Waals surface area contributed by atoms with E-state index in [1.54, 1.807) is 13.2 Å². The molecule has 0 aliphatic rings. The average Bonchev–Trinajstić information content (AvgIpc) is 2.96. The highest BCUT2D eigenvalue weighted by Gasteiger charge is 2.23. The number of hydrogen-bond donors (Lipinski definition) is 1. The molecule has 2 rings (SSSR count). The molecule has 0 saturated heterocycles. The fourth-order valence-corrected chi connectivity index (χ4v) is 2.17. The highest BCUT2D eigenvalue weighted by atomic mass is 32.2. The molecule has 2 N–H and O–H groups in total. The molecule has 1 aromatic carbocycles. The summed E-state index contributed by atoms with van der Waals surface area (Å²) in [5.74, 6) is -0.0719. The third-order valence-electron chi connectivity index (χ3n) is 2.82. The van der Waals surface area contributed by atoms with Gasteiger partial charge in [0, 0.05) is 0 Å². The van der Waals surface area contributed by atoms with Crippen molar-refractivity contribution in [2.24, 2.45) is 5.73 Å². The third kappa shape index (κ3) is 3.88. The summed E-state index contributed by atoms with van der Waals surface area (Å²) < 4.78 is 10.6. The molecule has 0 atom stereocenters. The van der Waals surface area contributed by atoms with Crippen LogP contribution in [0, 0.1) is 0 Å². The molecule has 0 saturated carbocycles. The van der Waals surface area contributed by atoms with Gasteiger partial charge in [-0.05, 0) is 18.7 Å². The highest BCUT2D eigenvalue weighted by molar-refractivity contribution is 8.02. The van der Waals surface area contributed by atoms with E-state index in [1.807, 2.05) is 30.3 Å². The van der Waals surface area contributed by atoms with Crippen LogP contribution in [-0.2, 0) is 16.0 Å². The molecule has 0 radical (unpaired) electrons.